The zero-order chi connectivity index (χ0) is 8.53. The van der Waals surface area contributed by atoms with Crippen molar-refractivity contribution < 1.29 is 9.47 Å². The van der Waals surface area contributed by atoms with Crippen molar-refractivity contribution >= 4 is 6.08 Å². The minimum absolute atomic E-state index is 0.317. The second kappa shape index (κ2) is 7.18. The number of nitrogens with zero attached hydrogens (tertiary/aromatic N) is 1. The second-order valence-electron chi connectivity index (χ2n) is 1.76. The molecule has 0 saturated carbocycles. The van der Waals surface area contributed by atoms with Gasteiger partial charge in [-0.3, -0.25) is 0 Å². The van der Waals surface area contributed by atoms with Gasteiger partial charge in [0.25, 0.3) is 0 Å². The maximum atomic E-state index is 5.05. The van der Waals surface area contributed by atoms with Crippen molar-refractivity contribution in [2.45, 2.75) is 20.8 Å². The van der Waals surface area contributed by atoms with Gasteiger partial charge in [-0.05, 0) is 20.8 Å². The lowest BCUT2D eigenvalue weighted by Gasteiger charge is -2.06. The molecule has 0 rings (SSSR count). The van der Waals surface area contributed by atoms with E-state index in [0.717, 1.165) is 6.54 Å². The summed E-state index contributed by atoms with van der Waals surface area (Å²) in [5.41, 5.74) is 2.76. The minimum atomic E-state index is 0.317. The highest BCUT2D eigenvalue weighted by Gasteiger charge is 1.96. The molecular formula is C7H16N2O2. The van der Waals surface area contributed by atoms with Crippen molar-refractivity contribution in [1.82, 2.24) is 5.43 Å². The Labute approximate surface area is 67.6 Å². The molecule has 11 heavy (non-hydrogen) atoms. The predicted octanol–water partition coefficient (Wildman–Crippen LogP) is 0.940. The molecule has 1 N–H and O–H groups in total. The van der Waals surface area contributed by atoms with E-state index in [4.69, 9.17) is 9.47 Å². The van der Waals surface area contributed by atoms with E-state index >= 15 is 0 Å². The Bertz CT molecular complexity index is 107. The third-order valence-corrected chi connectivity index (χ3v) is 0.864. The Balaban J connectivity index is 3.66. The Kier molecular flexibility index (Phi) is 6.57. The number of hydrogen-bond donors (Lipinski definition) is 1. The summed E-state index contributed by atoms with van der Waals surface area (Å²) < 4.78 is 10.1. The van der Waals surface area contributed by atoms with E-state index in [1.807, 2.05) is 20.8 Å². The molecule has 0 aromatic carbocycles. The standard InChI is InChI=1S/C7H16N2O2/c1-4-8-9-7(10-5-2)11-6-3/h8H,4-6H2,1-3H3. The smallest absolute Gasteiger partial charge is 0.405 e. The van der Waals surface area contributed by atoms with E-state index in [-0.39, 0.29) is 0 Å². The van der Waals surface area contributed by atoms with Gasteiger partial charge in [0.1, 0.15) is 0 Å². The van der Waals surface area contributed by atoms with E-state index in [2.05, 4.69) is 10.5 Å². The third-order valence-electron chi connectivity index (χ3n) is 0.864. The normalized spacial score (nSPS) is 8.64. The largest absolute Gasteiger partial charge is 0.450 e. The van der Waals surface area contributed by atoms with Gasteiger partial charge in [-0.15, -0.1) is 5.10 Å². The van der Waals surface area contributed by atoms with Gasteiger partial charge in [-0.1, -0.05) is 0 Å². The maximum Gasteiger partial charge on any atom is 0.405 e. The molecule has 0 aromatic rings. The van der Waals surface area contributed by atoms with Crippen LogP contribution in [-0.2, 0) is 9.47 Å². The molecule has 0 aliphatic carbocycles. The minimum Gasteiger partial charge on any atom is -0.450 e. The molecule has 0 fully saturated rings. The molecule has 66 valence electrons. The highest BCUT2D eigenvalue weighted by atomic mass is 16.7. The highest BCUT2D eigenvalue weighted by Crippen LogP contribution is 1.84. The molecule has 0 unspecified atom stereocenters. The maximum absolute atomic E-state index is 5.05. The first-order valence-electron chi connectivity index (χ1n) is 3.91. The molecule has 0 bridgehead atoms. The first-order valence-corrected chi connectivity index (χ1v) is 3.91. The van der Waals surface area contributed by atoms with Gasteiger partial charge in [0.15, 0.2) is 0 Å². The van der Waals surface area contributed by atoms with Crippen LogP contribution in [0.3, 0.4) is 0 Å². The van der Waals surface area contributed by atoms with Crippen molar-refractivity contribution in [3.05, 3.63) is 0 Å². The van der Waals surface area contributed by atoms with Crippen molar-refractivity contribution in [1.29, 1.82) is 0 Å². The Morgan fingerprint density at radius 3 is 2.09 bits per heavy atom. The molecule has 4 heteroatoms. The molecular weight excluding hydrogens is 144 g/mol. The van der Waals surface area contributed by atoms with Gasteiger partial charge in [0.2, 0.25) is 0 Å². The summed E-state index contributed by atoms with van der Waals surface area (Å²) in [5.74, 6) is 0. The fraction of sp³-hybridized carbons (Fsp3) is 0.857. The van der Waals surface area contributed by atoms with Gasteiger partial charge in [0.05, 0.1) is 13.2 Å². The number of nitrogens with one attached hydrogen (secondary N) is 1. The van der Waals surface area contributed by atoms with Gasteiger partial charge < -0.3 is 14.9 Å². The summed E-state index contributed by atoms with van der Waals surface area (Å²) in [6.45, 7) is 7.65. The van der Waals surface area contributed by atoms with Crippen LogP contribution >= 0.6 is 0 Å². The van der Waals surface area contributed by atoms with E-state index < -0.39 is 0 Å². The summed E-state index contributed by atoms with van der Waals surface area (Å²) in [6.07, 6.45) is 0.317. The van der Waals surface area contributed by atoms with Crippen molar-refractivity contribution in [3.63, 3.8) is 0 Å². The molecule has 0 aromatic heterocycles. The number of hydrogen-bond acceptors (Lipinski definition) is 4. The van der Waals surface area contributed by atoms with E-state index in [0.29, 0.717) is 19.3 Å². The van der Waals surface area contributed by atoms with Crippen LogP contribution in [0, 0.1) is 0 Å². The van der Waals surface area contributed by atoms with Gasteiger partial charge in [0, 0.05) is 6.54 Å². The molecule has 0 saturated heterocycles. The van der Waals surface area contributed by atoms with Crippen LogP contribution in [0.15, 0.2) is 5.10 Å². The van der Waals surface area contributed by atoms with Gasteiger partial charge in [-0.25, -0.2) is 0 Å². The molecule has 0 aliphatic heterocycles. The monoisotopic (exact) mass is 160 g/mol. The number of hydrazone groups is 1. The van der Waals surface area contributed by atoms with Gasteiger partial charge in [-0.2, -0.15) is 0 Å². The van der Waals surface area contributed by atoms with Crippen molar-refractivity contribution in [2.75, 3.05) is 19.8 Å². The van der Waals surface area contributed by atoms with Crippen molar-refractivity contribution in [2.24, 2.45) is 5.10 Å². The second-order valence-corrected chi connectivity index (χ2v) is 1.76. The summed E-state index contributed by atoms with van der Waals surface area (Å²) in [4.78, 5) is 0. The lowest BCUT2D eigenvalue weighted by atomic mass is 10.8. The lowest BCUT2D eigenvalue weighted by Crippen LogP contribution is -2.15. The SMILES string of the molecule is CCNN=C(OCC)OCC. The third kappa shape index (κ3) is 5.51. The molecule has 0 radical (unpaired) electrons. The van der Waals surface area contributed by atoms with E-state index in [1.165, 1.54) is 0 Å². The highest BCUT2D eigenvalue weighted by molar-refractivity contribution is 5.66. The van der Waals surface area contributed by atoms with Crippen LogP contribution in [0.4, 0.5) is 0 Å². The lowest BCUT2D eigenvalue weighted by molar-refractivity contribution is 0.177. The van der Waals surface area contributed by atoms with Crippen LogP contribution in [0.25, 0.3) is 0 Å². The summed E-state index contributed by atoms with van der Waals surface area (Å²) in [5, 5.41) is 3.84. The molecule has 0 aliphatic rings. The summed E-state index contributed by atoms with van der Waals surface area (Å²) >= 11 is 0. The van der Waals surface area contributed by atoms with E-state index in [9.17, 15) is 0 Å². The topological polar surface area (TPSA) is 42.9 Å². The summed E-state index contributed by atoms with van der Waals surface area (Å²) in [6, 6.07) is 0. The quantitative estimate of drug-likeness (QED) is 0.378. The predicted molar refractivity (Wildman–Crippen MR) is 44.4 cm³/mol. The first-order chi connectivity index (χ1) is 5.35. The van der Waals surface area contributed by atoms with Crippen LogP contribution in [-0.4, -0.2) is 25.8 Å². The zero-order valence-electron chi connectivity index (χ0n) is 7.39. The fourth-order valence-corrected chi connectivity index (χ4v) is 0.497. The molecule has 0 atom stereocenters. The Morgan fingerprint density at radius 2 is 1.73 bits per heavy atom. The van der Waals surface area contributed by atoms with Crippen LogP contribution < -0.4 is 5.43 Å². The van der Waals surface area contributed by atoms with Crippen LogP contribution in [0.5, 0.6) is 0 Å². The fourth-order valence-electron chi connectivity index (χ4n) is 0.497. The zero-order valence-corrected chi connectivity index (χ0v) is 7.39. The Hall–Kier alpha value is -0.930. The first kappa shape index (κ1) is 10.1. The Morgan fingerprint density at radius 1 is 1.18 bits per heavy atom. The van der Waals surface area contributed by atoms with Crippen LogP contribution in [0.2, 0.25) is 0 Å². The number of rotatable bonds is 4. The van der Waals surface area contributed by atoms with E-state index in [1.54, 1.807) is 0 Å². The summed E-state index contributed by atoms with van der Waals surface area (Å²) in [7, 11) is 0. The van der Waals surface area contributed by atoms with Crippen molar-refractivity contribution in [3.8, 4) is 0 Å². The number of ether oxygens (including phenoxy) is 2. The molecule has 0 heterocycles. The molecule has 0 spiro atoms. The average Bonchev–Trinajstić information content (AvgIpc) is 2.01. The molecule has 0 amide bonds. The molecule has 4 nitrogen and oxygen atoms in total. The van der Waals surface area contributed by atoms with Crippen LogP contribution in [0.1, 0.15) is 20.8 Å². The van der Waals surface area contributed by atoms with Gasteiger partial charge >= 0.3 is 6.08 Å². The average molecular weight is 160 g/mol.